The molecule has 2 aromatic heterocycles. The highest BCUT2D eigenvalue weighted by atomic mass is 32.1. The SMILES string of the molecule is CCCCCOc1ccc(C2c3c(oc4ccc(F)cc4c3=O)C(=O)N2c2nccs2)cc1OC. The summed E-state index contributed by atoms with van der Waals surface area (Å²) in [5.41, 5.74) is 0.448. The number of anilines is 1. The highest BCUT2D eigenvalue weighted by Gasteiger charge is 2.45. The smallest absolute Gasteiger partial charge is 0.297 e. The number of fused-ring (bicyclic) bond motifs is 2. The molecule has 0 saturated carbocycles. The lowest BCUT2D eigenvalue weighted by molar-refractivity contribution is 0.0971. The first-order valence-corrected chi connectivity index (χ1v) is 12.2. The molecule has 9 heteroatoms. The van der Waals surface area contributed by atoms with Crippen LogP contribution in [-0.2, 0) is 0 Å². The highest BCUT2D eigenvalue weighted by molar-refractivity contribution is 7.13. The summed E-state index contributed by atoms with van der Waals surface area (Å²) in [6.07, 6.45) is 4.66. The fourth-order valence-electron chi connectivity index (χ4n) is 4.30. The van der Waals surface area contributed by atoms with E-state index in [1.54, 1.807) is 29.8 Å². The standard InChI is InChI=1S/C26H23FN2O5S/c1-3-4-5-11-33-19-8-6-15(13-20(19)32-2)22-21-23(30)17-14-16(27)7-9-18(17)34-24(21)25(31)29(22)26-28-10-12-35-26/h6-10,12-14,22H,3-5,11H2,1-2H3. The van der Waals surface area contributed by atoms with Gasteiger partial charge in [-0.2, -0.15) is 0 Å². The van der Waals surface area contributed by atoms with Crippen molar-refractivity contribution in [1.29, 1.82) is 0 Å². The van der Waals surface area contributed by atoms with Crippen LogP contribution in [0.3, 0.4) is 0 Å². The number of carbonyl (C=O) groups excluding carboxylic acids is 1. The van der Waals surface area contributed by atoms with Crippen LogP contribution in [0.15, 0.2) is 57.2 Å². The molecule has 1 unspecified atom stereocenters. The number of benzene rings is 2. The summed E-state index contributed by atoms with van der Waals surface area (Å²) in [6.45, 7) is 2.68. The first-order chi connectivity index (χ1) is 17.0. The van der Waals surface area contributed by atoms with E-state index in [0.717, 1.165) is 25.3 Å². The number of ether oxygens (including phenoxy) is 2. The van der Waals surface area contributed by atoms with Crippen LogP contribution in [0.1, 0.15) is 53.9 Å². The number of amides is 1. The van der Waals surface area contributed by atoms with Gasteiger partial charge < -0.3 is 13.9 Å². The van der Waals surface area contributed by atoms with E-state index in [1.165, 1.54) is 35.5 Å². The Kier molecular flexibility index (Phi) is 6.25. The number of thiazole rings is 1. The summed E-state index contributed by atoms with van der Waals surface area (Å²) in [7, 11) is 1.54. The molecule has 0 fully saturated rings. The Balaban J connectivity index is 1.65. The van der Waals surface area contributed by atoms with Crippen LogP contribution in [0.4, 0.5) is 9.52 Å². The predicted molar refractivity (Wildman–Crippen MR) is 131 cm³/mol. The molecule has 0 radical (unpaired) electrons. The summed E-state index contributed by atoms with van der Waals surface area (Å²) >= 11 is 1.27. The second-order valence-corrected chi connectivity index (χ2v) is 9.05. The molecule has 1 amide bonds. The van der Waals surface area contributed by atoms with Crippen LogP contribution >= 0.6 is 11.3 Å². The fourth-order valence-corrected chi connectivity index (χ4v) is 4.97. The van der Waals surface area contributed by atoms with E-state index in [2.05, 4.69) is 11.9 Å². The molecule has 0 bridgehead atoms. The number of hydrogen-bond acceptors (Lipinski definition) is 7. The van der Waals surface area contributed by atoms with Crippen molar-refractivity contribution in [3.63, 3.8) is 0 Å². The molecule has 5 rings (SSSR count). The number of methoxy groups -OCH3 is 1. The topological polar surface area (TPSA) is 81.9 Å². The van der Waals surface area contributed by atoms with E-state index >= 15 is 0 Å². The van der Waals surface area contributed by atoms with Crippen LogP contribution in [0, 0.1) is 5.82 Å². The van der Waals surface area contributed by atoms with Gasteiger partial charge in [0.05, 0.1) is 30.7 Å². The van der Waals surface area contributed by atoms with Gasteiger partial charge in [-0.05, 0) is 42.3 Å². The van der Waals surface area contributed by atoms with Crippen molar-refractivity contribution in [1.82, 2.24) is 4.98 Å². The van der Waals surface area contributed by atoms with Crippen LogP contribution in [0.5, 0.6) is 11.5 Å². The van der Waals surface area contributed by atoms with Gasteiger partial charge >= 0.3 is 0 Å². The van der Waals surface area contributed by atoms with Crippen molar-refractivity contribution < 1.29 is 23.1 Å². The van der Waals surface area contributed by atoms with Crippen molar-refractivity contribution in [3.8, 4) is 11.5 Å². The molecule has 4 aromatic rings. The highest BCUT2D eigenvalue weighted by Crippen LogP contribution is 2.43. The third kappa shape index (κ3) is 4.05. The molecule has 0 spiro atoms. The summed E-state index contributed by atoms with van der Waals surface area (Å²) in [4.78, 5) is 32.8. The zero-order valence-electron chi connectivity index (χ0n) is 19.2. The first kappa shape index (κ1) is 23.0. The normalized spacial score (nSPS) is 15.0. The van der Waals surface area contributed by atoms with Gasteiger partial charge in [-0.25, -0.2) is 9.37 Å². The predicted octanol–water partition coefficient (Wildman–Crippen LogP) is 5.72. The van der Waals surface area contributed by atoms with E-state index in [9.17, 15) is 14.0 Å². The van der Waals surface area contributed by atoms with Crippen LogP contribution in [0.2, 0.25) is 0 Å². The van der Waals surface area contributed by atoms with Gasteiger partial charge in [0.1, 0.15) is 11.4 Å². The summed E-state index contributed by atoms with van der Waals surface area (Å²) in [6, 6.07) is 8.16. The average molecular weight is 495 g/mol. The molecule has 2 aromatic carbocycles. The first-order valence-electron chi connectivity index (χ1n) is 11.3. The molecule has 0 N–H and O–H groups in total. The zero-order chi connectivity index (χ0) is 24.5. The Morgan fingerprint density at radius 3 is 2.74 bits per heavy atom. The third-order valence-corrected chi connectivity index (χ3v) is 6.74. The number of unbranched alkanes of at least 4 members (excludes halogenated alkanes) is 2. The summed E-state index contributed by atoms with van der Waals surface area (Å²) < 4.78 is 31.3. The van der Waals surface area contributed by atoms with E-state index in [-0.39, 0.29) is 22.3 Å². The summed E-state index contributed by atoms with van der Waals surface area (Å²) in [5.74, 6) is -0.0653. The number of carbonyl (C=O) groups is 1. The van der Waals surface area contributed by atoms with Crippen molar-refractivity contribution in [3.05, 3.63) is 80.9 Å². The van der Waals surface area contributed by atoms with E-state index in [0.29, 0.717) is 28.8 Å². The number of aromatic nitrogens is 1. The molecule has 0 aliphatic carbocycles. The van der Waals surface area contributed by atoms with Crippen LogP contribution in [-0.4, -0.2) is 24.6 Å². The number of nitrogens with zero attached hydrogens (tertiary/aromatic N) is 2. The molecule has 180 valence electrons. The van der Waals surface area contributed by atoms with Crippen LogP contribution < -0.4 is 19.8 Å². The largest absolute Gasteiger partial charge is 0.493 e. The minimum Gasteiger partial charge on any atom is -0.493 e. The van der Waals surface area contributed by atoms with E-state index in [1.807, 2.05) is 0 Å². The minimum atomic E-state index is -0.824. The Morgan fingerprint density at radius 1 is 1.14 bits per heavy atom. The maximum absolute atomic E-state index is 14.0. The summed E-state index contributed by atoms with van der Waals surface area (Å²) in [5, 5.41) is 2.24. The molecule has 1 aliphatic rings. The van der Waals surface area contributed by atoms with Gasteiger partial charge in [-0.1, -0.05) is 25.8 Å². The Hall–Kier alpha value is -3.72. The third-order valence-electron chi connectivity index (χ3n) is 5.97. The maximum atomic E-state index is 14.0. The van der Waals surface area contributed by atoms with Gasteiger partial charge in [0.2, 0.25) is 5.76 Å². The van der Waals surface area contributed by atoms with Crippen molar-refractivity contribution in [2.75, 3.05) is 18.6 Å². The molecular formula is C26H23FN2O5S. The molecule has 0 saturated heterocycles. The van der Waals surface area contributed by atoms with E-state index in [4.69, 9.17) is 13.9 Å². The quantitative estimate of drug-likeness (QED) is 0.292. The number of halogens is 1. The molecular weight excluding hydrogens is 471 g/mol. The lowest BCUT2D eigenvalue weighted by Gasteiger charge is -2.23. The average Bonchev–Trinajstić information content (AvgIpc) is 3.49. The second kappa shape index (κ2) is 9.50. The monoisotopic (exact) mass is 494 g/mol. The van der Waals surface area contributed by atoms with Gasteiger partial charge in [0.25, 0.3) is 5.91 Å². The fraction of sp³-hybridized carbons (Fsp3) is 0.269. The van der Waals surface area contributed by atoms with E-state index < -0.39 is 23.2 Å². The Bertz CT molecular complexity index is 1450. The molecule has 1 atom stereocenters. The van der Waals surface area contributed by atoms with Crippen molar-refractivity contribution in [2.45, 2.75) is 32.2 Å². The Labute approximate surface area is 204 Å². The van der Waals surface area contributed by atoms with Gasteiger partial charge in [0.15, 0.2) is 22.1 Å². The molecule has 7 nitrogen and oxygen atoms in total. The van der Waals surface area contributed by atoms with Gasteiger partial charge in [-0.15, -0.1) is 11.3 Å². The van der Waals surface area contributed by atoms with Crippen molar-refractivity contribution >= 4 is 33.3 Å². The van der Waals surface area contributed by atoms with Gasteiger partial charge in [-0.3, -0.25) is 14.5 Å². The number of rotatable bonds is 8. The lowest BCUT2D eigenvalue weighted by atomic mass is 9.98. The number of hydrogen-bond donors (Lipinski definition) is 0. The Morgan fingerprint density at radius 2 is 2.00 bits per heavy atom. The molecule has 3 heterocycles. The molecule has 1 aliphatic heterocycles. The minimum absolute atomic E-state index is 0.0744. The molecule has 35 heavy (non-hydrogen) atoms. The maximum Gasteiger partial charge on any atom is 0.297 e. The van der Waals surface area contributed by atoms with Crippen molar-refractivity contribution in [2.24, 2.45) is 0 Å². The van der Waals surface area contributed by atoms with Crippen LogP contribution in [0.25, 0.3) is 11.0 Å². The van der Waals surface area contributed by atoms with Gasteiger partial charge in [0, 0.05) is 11.6 Å². The second-order valence-electron chi connectivity index (χ2n) is 8.17. The lowest BCUT2D eigenvalue weighted by Crippen LogP contribution is -2.29. The zero-order valence-corrected chi connectivity index (χ0v) is 20.1.